The molecular formula is C37H34ClN3O5. The fourth-order valence-electron chi connectivity index (χ4n) is 7.21. The lowest BCUT2D eigenvalue weighted by Gasteiger charge is -2.28. The first-order chi connectivity index (χ1) is 22.2. The number of halogens is 1. The Kier molecular flexibility index (Phi) is 7.67. The molecule has 0 radical (unpaired) electrons. The van der Waals surface area contributed by atoms with Crippen LogP contribution in [-0.2, 0) is 21.7 Å². The van der Waals surface area contributed by atoms with E-state index in [1.165, 1.54) is 0 Å². The molecule has 3 aliphatic heterocycles. The van der Waals surface area contributed by atoms with Gasteiger partial charge in [-0.2, -0.15) is 0 Å². The first-order valence-electron chi connectivity index (χ1n) is 15.6. The number of benzene rings is 4. The predicted molar refractivity (Wildman–Crippen MR) is 178 cm³/mol. The Labute approximate surface area is 272 Å². The minimum Gasteiger partial charge on any atom is -0.394 e. The van der Waals surface area contributed by atoms with Crippen molar-refractivity contribution in [3.05, 3.63) is 113 Å². The molecule has 2 N–H and O–H groups in total. The van der Waals surface area contributed by atoms with Gasteiger partial charge in [0.25, 0.3) is 11.8 Å². The molecule has 234 valence electrons. The Morgan fingerprint density at radius 2 is 1.83 bits per heavy atom. The lowest BCUT2D eigenvalue weighted by Crippen LogP contribution is -2.44. The van der Waals surface area contributed by atoms with Gasteiger partial charge >= 0.3 is 0 Å². The summed E-state index contributed by atoms with van der Waals surface area (Å²) in [5, 5.41) is 24.0. The van der Waals surface area contributed by atoms with Gasteiger partial charge in [-0.15, -0.1) is 0 Å². The maximum absolute atomic E-state index is 14.1. The van der Waals surface area contributed by atoms with E-state index in [9.17, 15) is 24.6 Å². The lowest BCUT2D eigenvalue weighted by atomic mass is 9.83. The highest BCUT2D eigenvalue weighted by molar-refractivity contribution is 6.31. The third-order valence-corrected chi connectivity index (χ3v) is 9.82. The maximum Gasteiger partial charge on any atom is 0.264 e. The van der Waals surface area contributed by atoms with Crippen LogP contribution in [0.15, 0.2) is 91.0 Å². The van der Waals surface area contributed by atoms with Gasteiger partial charge in [-0.1, -0.05) is 67.1 Å². The first kappa shape index (κ1) is 30.2. The monoisotopic (exact) mass is 635 g/mol. The van der Waals surface area contributed by atoms with Crippen LogP contribution in [0.5, 0.6) is 0 Å². The van der Waals surface area contributed by atoms with Crippen molar-refractivity contribution >= 4 is 57.2 Å². The van der Waals surface area contributed by atoms with E-state index in [0.29, 0.717) is 34.1 Å². The number of carbonyl (C=O) groups is 3. The molecule has 1 saturated heterocycles. The molecule has 0 unspecified atom stereocenters. The Morgan fingerprint density at radius 1 is 1.04 bits per heavy atom. The fourth-order valence-corrected chi connectivity index (χ4v) is 7.38. The number of amides is 3. The summed E-state index contributed by atoms with van der Waals surface area (Å²) in [6, 6.07) is 24.0. The second-order valence-electron chi connectivity index (χ2n) is 12.3. The van der Waals surface area contributed by atoms with Crippen LogP contribution in [0.4, 0.5) is 17.1 Å². The molecule has 0 saturated carbocycles. The largest absolute Gasteiger partial charge is 0.394 e. The summed E-state index contributed by atoms with van der Waals surface area (Å²) in [5.74, 6) is -1.36. The number of rotatable bonds is 8. The summed E-state index contributed by atoms with van der Waals surface area (Å²) in [5.41, 5.74) is 1.99. The Balaban J connectivity index is 1.15. The van der Waals surface area contributed by atoms with Gasteiger partial charge in [-0.25, -0.2) is 0 Å². The summed E-state index contributed by atoms with van der Waals surface area (Å²) in [7, 11) is 0. The molecule has 9 heteroatoms. The fraction of sp³-hybridized carbons (Fsp3) is 0.270. The standard InChI is InChI=1S/C37H34ClN3O5/c1-23(7-2-15-33(43)39-18-6-12-28(39)22-42)37(46)30-20-26(38)16-17-31(30)40(36(37)45)21-24-8-3-11-27(19-24)41-32-14-5-10-25-9-4-13-29(34(25)32)35(41)44/h2-5,7-11,13-14,16-17,19-20,23,28,42,46H,6,12,15,18,21-22H2,1H3/b7-2+/t23-,28+,37+/m1/s1. The zero-order valence-corrected chi connectivity index (χ0v) is 26.2. The minimum atomic E-state index is -1.90. The van der Waals surface area contributed by atoms with Crippen LogP contribution in [0, 0.1) is 5.92 Å². The number of aliphatic hydroxyl groups is 2. The highest BCUT2D eigenvalue weighted by Crippen LogP contribution is 2.47. The molecule has 3 amide bonds. The van der Waals surface area contributed by atoms with Gasteiger partial charge < -0.3 is 20.0 Å². The smallest absolute Gasteiger partial charge is 0.264 e. The molecule has 1 fully saturated rings. The van der Waals surface area contributed by atoms with E-state index in [1.54, 1.807) is 52.0 Å². The van der Waals surface area contributed by atoms with Crippen LogP contribution in [0.2, 0.25) is 5.02 Å². The van der Waals surface area contributed by atoms with Gasteiger partial charge in [-0.05, 0) is 66.3 Å². The van der Waals surface area contributed by atoms with Gasteiger partial charge in [0.05, 0.1) is 36.1 Å². The van der Waals surface area contributed by atoms with Crippen molar-refractivity contribution in [3.8, 4) is 0 Å². The zero-order chi connectivity index (χ0) is 32.2. The average molecular weight is 636 g/mol. The summed E-state index contributed by atoms with van der Waals surface area (Å²) in [6.07, 6.45) is 5.14. The SMILES string of the molecule is C[C@H](/C=C/CC(=O)N1CCC[C@H]1CO)[C@@]1(O)C(=O)N(Cc2cccc(N3C(=O)c4cccc5cccc3c45)c2)c2ccc(Cl)cc21. The Bertz CT molecular complexity index is 1920. The van der Waals surface area contributed by atoms with Crippen LogP contribution in [-0.4, -0.2) is 52.0 Å². The molecule has 0 bridgehead atoms. The van der Waals surface area contributed by atoms with Crippen molar-refractivity contribution in [2.45, 2.75) is 44.4 Å². The van der Waals surface area contributed by atoms with Gasteiger partial charge in [-0.3, -0.25) is 19.3 Å². The average Bonchev–Trinajstić information content (AvgIpc) is 3.72. The molecule has 7 rings (SSSR count). The normalized spacial score (nSPS) is 21.2. The molecule has 3 heterocycles. The molecule has 46 heavy (non-hydrogen) atoms. The quantitative estimate of drug-likeness (QED) is 0.228. The summed E-state index contributed by atoms with van der Waals surface area (Å²) in [4.78, 5) is 45.4. The van der Waals surface area contributed by atoms with Crippen molar-refractivity contribution in [1.29, 1.82) is 0 Å². The minimum absolute atomic E-state index is 0.0610. The molecule has 0 aromatic heterocycles. The number of hydrogen-bond donors (Lipinski definition) is 2. The predicted octanol–water partition coefficient (Wildman–Crippen LogP) is 6.09. The first-order valence-corrected chi connectivity index (χ1v) is 16.0. The molecular weight excluding hydrogens is 602 g/mol. The second-order valence-corrected chi connectivity index (χ2v) is 12.7. The van der Waals surface area contributed by atoms with E-state index in [0.717, 1.165) is 34.9 Å². The van der Waals surface area contributed by atoms with E-state index in [1.807, 2.05) is 60.7 Å². The van der Waals surface area contributed by atoms with Gasteiger partial charge in [0.15, 0.2) is 5.60 Å². The molecule has 8 nitrogen and oxygen atoms in total. The molecule has 3 aliphatic rings. The molecule has 4 aromatic rings. The molecule has 4 aromatic carbocycles. The number of anilines is 3. The maximum atomic E-state index is 14.1. The molecule has 0 spiro atoms. The number of aliphatic hydroxyl groups excluding tert-OH is 1. The highest BCUT2D eigenvalue weighted by Gasteiger charge is 2.52. The summed E-state index contributed by atoms with van der Waals surface area (Å²) < 4.78 is 0. The number of fused-ring (bicyclic) bond motifs is 1. The van der Waals surface area contributed by atoms with E-state index < -0.39 is 17.4 Å². The van der Waals surface area contributed by atoms with Crippen molar-refractivity contribution < 1.29 is 24.6 Å². The van der Waals surface area contributed by atoms with E-state index in [-0.39, 0.29) is 37.4 Å². The van der Waals surface area contributed by atoms with Gasteiger partial charge in [0.2, 0.25) is 5.91 Å². The zero-order valence-electron chi connectivity index (χ0n) is 25.4. The number of hydrogen-bond acceptors (Lipinski definition) is 5. The number of carbonyl (C=O) groups excluding carboxylic acids is 3. The second kappa shape index (κ2) is 11.7. The van der Waals surface area contributed by atoms with Crippen LogP contribution in [0.3, 0.4) is 0 Å². The Hall–Kier alpha value is -4.50. The van der Waals surface area contributed by atoms with Crippen molar-refractivity contribution in [3.63, 3.8) is 0 Å². The topological polar surface area (TPSA) is 101 Å². The number of likely N-dealkylation sites (tertiary alicyclic amines) is 1. The van der Waals surface area contributed by atoms with E-state index in [2.05, 4.69) is 0 Å². The van der Waals surface area contributed by atoms with Crippen molar-refractivity contribution in [2.24, 2.45) is 5.92 Å². The van der Waals surface area contributed by atoms with Crippen molar-refractivity contribution in [1.82, 2.24) is 4.90 Å². The van der Waals surface area contributed by atoms with Crippen LogP contribution >= 0.6 is 11.6 Å². The van der Waals surface area contributed by atoms with Crippen LogP contribution in [0.25, 0.3) is 10.8 Å². The molecule has 0 aliphatic carbocycles. The van der Waals surface area contributed by atoms with Crippen LogP contribution < -0.4 is 9.80 Å². The summed E-state index contributed by atoms with van der Waals surface area (Å²) >= 11 is 6.37. The van der Waals surface area contributed by atoms with Gasteiger partial charge in [0.1, 0.15) is 0 Å². The van der Waals surface area contributed by atoms with E-state index in [4.69, 9.17) is 11.6 Å². The van der Waals surface area contributed by atoms with Crippen molar-refractivity contribution in [2.75, 3.05) is 23.0 Å². The third-order valence-electron chi connectivity index (χ3n) is 9.58. The van der Waals surface area contributed by atoms with Crippen LogP contribution in [0.1, 0.15) is 47.7 Å². The summed E-state index contributed by atoms with van der Waals surface area (Å²) in [6.45, 7) is 2.47. The van der Waals surface area contributed by atoms with Gasteiger partial charge in [0, 0.05) is 40.5 Å². The number of nitrogens with zero attached hydrogens (tertiary/aromatic N) is 3. The van der Waals surface area contributed by atoms with E-state index >= 15 is 0 Å². The third kappa shape index (κ3) is 4.80. The molecule has 3 atom stereocenters. The Morgan fingerprint density at radius 3 is 2.63 bits per heavy atom. The lowest BCUT2D eigenvalue weighted by molar-refractivity contribution is -0.139. The highest BCUT2D eigenvalue weighted by atomic mass is 35.5.